The quantitative estimate of drug-likeness (QED) is 0.803. The van der Waals surface area contributed by atoms with Gasteiger partial charge in [0.15, 0.2) is 0 Å². The molecule has 2 heterocycles. The SMILES string of the molecule is O=C(c1ccc2[nH]ccc2c1)N1CCC[C@H](O)C1. The van der Waals surface area contributed by atoms with Crippen LogP contribution in [-0.2, 0) is 0 Å². The average molecular weight is 244 g/mol. The van der Waals surface area contributed by atoms with Gasteiger partial charge in [0.05, 0.1) is 6.10 Å². The first-order chi connectivity index (χ1) is 8.74. The smallest absolute Gasteiger partial charge is 0.253 e. The molecule has 2 aromatic rings. The lowest BCUT2D eigenvalue weighted by Crippen LogP contribution is -2.42. The predicted octanol–water partition coefficient (Wildman–Crippen LogP) is 1.76. The Hall–Kier alpha value is -1.81. The summed E-state index contributed by atoms with van der Waals surface area (Å²) >= 11 is 0. The number of piperidine rings is 1. The Bertz CT molecular complexity index is 576. The fraction of sp³-hybridized carbons (Fsp3) is 0.357. The standard InChI is InChI=1S/C14H16N2O2/c17-12-2-1-7-16(9-12)14(18)11-3-4-13-10(8-11)5-6-15-13/h3-6,8,12,15,17H,1-2,7,9H2/t12-/m0/s1. The van der Waals surface area contributed by atoms with E-state index in [-0.39, 0.29) is 12.0 Å². The first-order valence-electron chi connectivity index (χ1n) is 6.28. The van der Waals surface area contributed by atoms with E-state index in [1.807, 2.05) is 30.5 Å². The number of rotatable bonds is 1. The van der Waals surface area contributed by atoms with Crippen LogP contribution < -0.4 is 0 Å². The van der Waals surface area contributed by atoms with Crippen molar-refractivity contribution >= 4 is 16.8 Å². The van der Waals surface area contributed by atoms with Gasteiger partial charge in [0.25, 0.3) is 5.91 Å². The van der Waals surface area contributed by atoms with Crippen LogP contribution in [-0.4, -0.2) is 40.1 Å². The zero-order valence-corrected chi connectivity index (χ0v) is 10.1. The van der Waals surface area contributed by atoms with Crippen LogP contribution in [0.3, 0.4) is 0 Å². The molecule has 4 heteroatoms. The summed E-state index contributed by atoms with van der Waals surface area (Å²) in [6.45, 7) is 1.19. The summed E-state index contributed by atoms with van der Waals surface area (Å²) in [5.74, 6) is 0.0110. The third-order valence-corrected chi connectivity index (χ3v) is 3.48. The van der Waals surface area contributed by atoms with Crippen molar-refractivity contribution in [1.29, 1.82) is 0 Å². The van der Waals surface area contributed by atoms with Gasteiger partial charge in [-0.15, -0.1) is 0 Å². The number of hydrogen-bond acceptors (Lipinski definition) is 2. The molecule has 0 radical (unpaired) electrons. The first kappa shape index (κ1) is 11.3. The first-order valence-corrected chi connectivity index (χ1v) is 6.28. The maximum atomic E-state index is 12.3. The van der Waals surface area contributed by atoms with E-state index in [2.05, 4.69) is 4.98 Å². The number of nitrogens with zero attached hydrogens (tertiary/aromatic N) is 1. The van der Waals surface area contributed by atoms with Crippen molar-refractivity contribution in [1.82, 2.24) is 9.88 Å². The molecule has 0 unspecified atom stereocenters. The van der Waals surface area contributed by atoms with Crippen LogP contribution >= 0.6 is 0 Å². The van der Waals surface area contributed by atoms with Crippen molar-refractivity contribution in [2.75, 3.05) is 13.1 Å². The van der Waals surface area contributed by atoms with E-state index in [1.54, 1.807) is 4.90 Å². The van der Waals surface area contributed by atoms with Crippen molar-refractivity contribution < 1.29 is 9.90 Å². The van der Waals surface area contributed by atoms with Gasteiger partial charge in [-0.05, 0) is 37.1 Å². The molecule has 1 aromatic carbocycles. The highest BCUT2D eigenvalue weighted by atomic mass is 16.3. The number of likely N-dealkylation sites (tertiary alicyclic amines) is 1. The highest BCUT2D eigenvalue weighted by Crippen LogP contribution is 2.18. The fourth-order valence-corrected chi connectivity index (χ4v) is 2.51. The third kappa shape index (κ3) is 1.99. The number of fused-ring (bicyclic) bond motifs is 1. The molecule has 0 bridgehead atoms. The van der Waals surface area contributed by atoms with Gasteiger partial charge in [0.1, 0.15) is 0 Å². The number of benzene rings is 1. The fourth-order valence-electron chi connectivity index (χ4n) is 2.51. The molecule has 3 rings (SSSR count). The van der Waals surface area contributed by atoms with Crippen LogP contribution in [0.2, 0.25) is 0 Å². The summed E-state index contributed by atoms with van der Waals surface area (Å²) in [4.78, 5) is 17.2. The summed E-state index contributed by atoms with van der Waals surface area (Å²) in [5.41, 5.74) is 1.72. The van der Waals surface area contributed by atoms with Gasteiger partial charge in [-0.2, -0.15) is 0 Å². The normalized spacial score (nSPS) is 20.3. The highest BCUT2D eigenvalue weighted by molar-refractivity contribution is 5.98. The van der Waals surface area contributed by atoms with E-state index < -0.39 is 0 Å². The number of aromatic nitrogens is 1. The molecular weight excluding hydrogens is 228 g/mol. The maximum Gasteiger partial charge on any atom is 0.253 e. The van der Waals surface area contributed by atoms with Crippen LogP contribution in [0.25, 0.3) is 10.9 Å². The van der Waals surface area contributed by atoms with Crippen LogP contribution in [0, 0.1) is 0 Å². The molecule has 4 nitrogen and oxygen atoms in total. The lowest BCUT2D eigenvalue weighted by molar-refractivity contribution is 0.0474. The highest BCUT2D eigenvalue weighted by Gasteiger charge is 2.23. The topological polar surface area (TPSA) is 56.3 Å². The second-order valence-corrected chi connectivity index (χ2v) is 4.83. The maximum absolute atomic E-state index is 12.3. The average Bonchev–Trinajstić information content (AvgIpc) is 2.85. The number of aliphatic hydroxyl groups is 1. The van der Waals surface area contributed by atoms with Crippen molar-refractivity contribution in [3.05, 3.63) is 36.0 Å². The molecule has 94 valence electrons. The summed E-state index contributed by atoms with van der Waals surface area (Å²) in [5, 5.41) is 10.7. The monoisotopic (exact) mass is 244 g/mol. The Kier molecular flexibility index (Phi) is 2.80. The summed E-state index contributed by atoms with van der Waals surface area (Å²) in [6, 6.07) is 7.61. The summed E-state index contributed by atoms with van der Waals surface area (Å²) < 4.78 is 0. The molecule has 18 heavy (non-hydrogen) atoms. The van der Waals surface area contributed by atoms with Crippen molar-refractivity contribution in [2.45, 2.75) is 18.9 Å². The largest absolute Gasteiger partial charge is 0.391 e. The number of aromatic amines is 1. The van der Waals surface area contributed by atoms with E-state index in [9.17, 15) is 9.90 Å². The molecule has 1 saturated heterocycles. The van der Waals surface area contributed by atoms with Gasteiger partial charge >= 0.3 is 0 Å². The van der Waals surface area contributed by atoms with E-state index in [4.69, 9.17) is 0 Å². The second kappa shape index (κ2) is 4.46. The molecule has 2 N–H and O–H groups in total. The van der Waals surface area contributed by atoms with Gasteiger partial charge in [0, 0.05) is 35.8 Å². The Balaban J connectivity index is 1.86. The number of carbonyl (C=O) groups excluding carboxylic acids is 1. The van der Waals surface area contributed by atoms with Crippen molar-refractivity contribution in [3.8, 4) is 0 Å². The van der Waals surface area contributed by atoms with Gasteiger partial charge in [0.2, 0.25) is 0 Å². The van der Waals surface area contributed by atoms with Crippen LogP contribution in [0.1, 0.15) is 23.2 Å². The Labute approximate surface area is 105 Å². The number of carbonyl (C=O) groups is 1. The number of hydrogen-bond donors (Lipinski definition) is 2. The minimum Gasteiger partial charge on any atom is -0.391 e. The lowest BCUT2D eigenvalue weighted by atomic mass is 10.1. The molecule has 0 aliphatic carbocycles. The van der Waals surface area contributed by atoms with E-state index in [0.29, 0.717) is 12.1 Å². The number of amides is 1. The van der Waals surface area contributed by atoms with E-state index in [0.717, 1.165) is 30.3 Å². The molecule has 1 fully saturated rings. The summed E-state index contributed by atoms with van der Waals surface area (Å²) in [7, 11) is 0. The van der Waals surface area contributed by atoms with Gasteiger partial charge in [-0.25, -0.2) is 0 Å². The Morgan fingerprint density at radius 3 is 3.11 bits per heavy atom. The van der Waals surface area contributed by atoms with E-state index >= 15 is 0 Å². The molecule has 1 aliphatic heterocycles. The zero-order valence-electron chi connectivity index (χ0n) is 10.1. The molecule has 1 aromatic heterocycles. The number of nitrogens with one attached hydrogen (secondary N) is 1. The minimum atomic E-state index is -0.376. The molecule has 0 spiro atoms. The number of H-pyrrole nitrogens is 1. The van der Waals surface area contributed by atoms with Gasteiger partial charge in [-0.3, -0.25) is 4.79 Å². The second-order valence-electron chi connectivity index (χ2n) is 4.83. The molecule has 1 amide bonds. The minimum absolute atomic E-state index is 0.0110. The van der Waals surface area contributed by atoms with Crippen molar-refractivity contribution in [3.63, 3.8) is 0 Å². The van der Waals surface area contributed by atoms with Crippen LogP contribution in [0.4, 0.5) is 0 Å². The molecule has 0 saturated carbocycles. The lowest BCUT2D eigenvalue weighted by Gasteiger charge is -2.30. The number of β-amino-alcohol motifs (C(OH)–C–C–N with tert-alkyl or cyclic N) is 1. The molecular formula is C14H16N2O2. The Morgan fingerprint density at radius 1 is 1.39 bits per heavy atom. The molecule has 1 atom stereocenters. The Morgan fingerprint density at radius 2 is 2.28 bits per heavy atom. The van der Waals surface area contributed by atoms with Gasteiger partial charge < -0.3 is 15.0 Å². The zero-order chi connectivity index (χ0) is 12.5. The van der Waals surface area contributed by atoms with Crippen LogP contribution in [0.5, 0.6) is 0 Å². The number of aliphatic hydroxyl groups excluding tert-OH is 1. The molecule has 1 aliphatic rings. The third-order valence-electron chi connectivity index (χ3n) is 3.48. The summed E-state index contributed by atoms with van der Waals surface area (Å²) in [6.07, 6.45) is 3.16. The van der Waals surface area contributed by atoms with Crippen LogP contribution in [0.15, 0.2) is 30.5 Å². The van der Waals surface area contributed by atoms with E-state index in [1.165, 1.54) is 0 Å². The van der Waals surface area contributed by atoms with Gasteiger partial charge in [-0.1, -0.05) is 0 Å². The van der Waals surface area contributed by atoms with Crippen molar-refractivity contribution in [2.24, 2.45) is 0 Å². The predicted molar refractivity (Wildman–Crippen MR) is 69.4 cm³/mol.